The molecule has 6 heteroatoms. The van der Waals surface area contributed by atoms with Gasteiger partial charge in [-0.15, -0.1) is 0 Å². The summed E-state index contributed by atoms with van der Waals surface area (Å²) in [5, 5.41) is 21.0. The van der Waals surface area contributed by atoms with Crippen LogP contribution in [0.25, 0.3) is 0 Å². The van der Waals surface area contributed by atoms with Crippen molar-refractivity contribution in [2.75, 3.05) is 13.2 Å². The topological polar surface area (TPSA) is 93.1 Å². The molecule has 6 atom stereocenters. The van der Waals surface area contributed by atoms with Crippen LogP contribution in [-0.2, 0) is 19.1 Å². The molecular formula is C22H34O6. The van der Waals surface area contributed by atoms with E-state index in [1.807, 2.05) is 13.8 Å². The molecule has 1 aliphatic heterocycles. The minimum Gasteiger partial charge on any atom is -0.481 e. The molecule has 4 rings (SSSR count). The molecule has 6 nitrogen and oxygen atoms in total. The Morgan fingerprint density at radius 1 is 1.07 bits per heavy atom. The largest absolute Gasteiger partial charge is 0.481 e. The number of ether oxygens (including phenoxy) is 2. The predicted molar refractivity (Wildman–Crippen MR) is 102 cm³/mol. The van der Waals surface area contributed by atoms with Crippen molar-refractivity contribution in [3.63, 3.8) is 0 Å². The van der Waals surface area contributed by atoms with Crippen molar-refractivity contribution in [1.29, 1.82) is 0 Å². The highest BCUT2D eigenvalue weighted by Crippen LogP contribution is 2.68. The number of aliphatic carboxylic acids is 1. The van der Waals surface area contributed by atoms with Gasteiger partial charge in [-0.3, -0.25) is 9.59 Å². The third kappa shape index (κ3) is 2.56. The number of ketones is 1. The van der Waals surface area contributed by atoms with Gasteiger partial charge in [0.15, 0.2) is 5.79 Å². The Hall–Kier alpha value is -0.980. The van der Waals surface area contributed by atoms with Crippen LogP contribution in [0.3, 0.4) is 0 Å². The van der Waals surface area contributed by atoms with E-state index in [9.17, 15) is 19.8 Å². The van der Waals surface area contributed by atoms with Crippen LogP contribution in [-0.4, -0.2) is 46.6 Å². The van der Waals surface area contributed by atoms with Crippen LogP contribution in [0.5, 0.6) is 0 Å². The number of Topliss-reactive ketones (excluding diaryl/α,β-unsaturated/α-hetero) is 1. The van der Waals surface area contributed by atoms with Crippen LogP contribution < -0.4 is 0 Å². The normalized spacial score (nSPS) is 47.6. The summed E-state index contributed by atoms with van der Waals surface area (Å²) in [7, 11) is 0. The SMILES string of the molecule is CC1([C@@]2(O)CC[C@H]3[C@@H]4CCC(=O)[C@](C)(CCC(=O)O)[C@H]4CC[C@@]32C)OCCO1. The highest BCUT2D eigenvalue weighted by Gasteiger charge is 2.70. The maximum atomic E-state index is 12.9. The van der Waals surface area contributed by atoms with Crippen molar-refractivity contribution in [1.82, 2.24) is 0 Å². The van der Waals surface area contributed by atoms with E-state index >= 15 is 0 Å². The molecule has 3 aliphatic carbocycles. The third-order valence-electron chi connectivity index (χ3n) is 9.20. The lowest BCUT2D eigenvalue weighted by Crippen LogP contribution is -2.64. The Bertz CT molecular complexity index is 670. The molecule has 28 heavy (non-hydrogen) atoms. The van der Waals surface area contributed by atoms with Gasteiger partial charge in [-0.05, 0) is 63.2 Å². The van der Waals surface area contributed by atoms with E-state index in [0.717, 1.165) is 25.7 Å². The van der Waals surface area contributed by atoms with E-state index in [1.165, 1.54) is 0 Å². The van der Waals surface area contributed by atoms with Crippen molar-refractivity contribution >= 4 is 11.8 Å². The molecule has 0 aromatic rings. The first-order valence-corrected chi connectivity index (χ1v) is 10.8. The number of fused-ring (bicyclic) bond motifs is 3. The lowest BCUT2D eigenvalue weighted by molar-refractivity contribution is -0.299. The highest BCUT2D eigenvalue weighted by atomic mass is 16.7. The number of hydrogen-bond donors (Lipinski definition) is 2. The lowest BCUT2D eigenvalue weighted by Gasteiger charge is -2.59. The van der Waals surface area contributed by atoms with Gasteiger partial charge < -0.3 is 19.7 Å². The standard InChI is InChI=1S/C22H34O6/c1-19(9-8-18(24)25)15-6-10-20(2)16(14(15)4-5-17(19)23)7-11-22(20,26)21(3)27-12-13-28-21/h14-16,26H,4-13H2,1-3H3,(H,24,25)/t14-,15+,16+,19-,20+,22-/m1/s1. The maximum absolute atomic E-state index is 12.9. The van der Waals surface area contributed by atoms with Crippen LogP contribution in [0.1, 0.15) is 72.1 Å². The van der Waals surface area contributed by atoms with Crippen molar-refractivity contribution in [2.24, 2.45) is 28.6 Å². The molecule has 0 bridgehead atoms. The summed E-state index contributed by atoms with van der Waals surface area (Å²) < 4.78 is 11.8. The Labute approximate surface area is 167 Å². The van der Waals surface area contributed by atoms with E-state index in [4.69, 9.17) is 9.47 Å². The van der Waals surface area contributed by atoms with Crippen molar-refractivity contribution in [3.8, 4) is 0 Å². The summed E-state index contributed by atoms with van der Waals surface area (Å²) >= 11 is 0. The molecule has 1 heterocycles. The molecule has 0 aromatic heterocycles. The summed E-state index contributed by atoms with van der Waals surface area (Å²) in [5.41, 5.74) is -1.92. The zero-order valence-electron chi connectivity index (χ0n) is 17.3. The second kappa shape index (κ2) is 6.51. The van der Waals surface area contributed by atoms with E-state index in [2.05, 4.69) is 6.92 Å². The van der Waals surface area contributed by atoms with Gasteiger partial charge in [0, 0.05) is 23.7 Å². The number of carbonyl (C=O) groups is 2. The van der Waals surface area contributed by atoms with E-state index in [-0.39, 0.29) is 23.5 Å². The minimum absolute atomic E-state index is 0.0388. The van der Waals surface area contributed by atoms with E-state index in [0.29, 0.717) is 44.3 Å². The van der Waals surface area contributed by atoms with E-state index < -0.39 is 22.8 Å². The zero-order chi connectivity index (χ0) is 20.4. The van der Waals surface area contributed by atoms with Gasteiger partial charge in [-0.25, -0.2) is 0 Å². The fourth-order valence-corrected chi connectivity index (χ4v) is 7.48. The van der Waals surface area contributed by atoms with Crippen LogP contribution in [0.15, 0.2) is 0 Å². The summed E-state index contributed by atoms with van der Waals surface area (Å²) in [5.74, 6) is -0.739. The Kier molecular flexibility index (Phi) is 4.72. The smallest absolute Gasteiger partial charge is 0.303 e. The monoisotopic (exact) mass is 394 g/mol. The average molecular weight is 395 g/mol. The molecule has 4 fully saturated rings. The van der Waals surface area contributed by atoms with Gasteiger partial charge in [-0.2, -0.15) is 0 Å². The van der Waals surface area contributed by atoms with Crippen molar-refractivity contribution in [2.45, 2.75) is 83.5 Å². The number of aliphatic hydroxyl groups is 1. The number of rotatable bonds is 4. The maximum Gasteiger partial charge on any atom is 0.303 e. The summed E-state index contributed by atoms with van der Waals surface area (Å²) in [6, 6.07) is 0. The molecule has 0 radical (unpaired) electrons. The molecule has 158 valence electrons. The molecule has 0 aromatic carbocycles. The Balaban J connectivity index is 1.64. The Morgan fingerprint density at radius 3 is 2.36 bits per heavy atom. The zero-order valence-corrected chi connectivity index (χ0v) is 17.3. The van der Waals surface area contributed by atoms with Gasteiger partial charge >= 0.3 is 5.97 Å². The quantitative estimate of drug-likeness (QED) is 0.761. The summed E-state index contributed by atoms with van der Waals surface area (Å²) in [6.07, 6.45) is 5.03. The number of carboxylic acids is 1. The fraction of sp³-hybridized carbons (Fsp3) is 0.909. The second-order valence-corrected chi connectivity index (χ2v) is 10.1. The first-order chi connectivity index (χ1) is 13.1. The van der Waals surface area contributed by atoms with E-state index in [1.54, 1.807) is 0 Å². The molecule has 0 amide bonds. The van der Waals surface area contributed by atoms with Crippen molar-refractivity contribution < 1.29 is 29.3 Å². The average Bonchev–Trinajstić information content (AvgIpc) is 3.20. The van der Waals surface area contributed by atoms with Crippen molar-refractivity contribution in [3.05, 3.63) is 0 Å². The second-order valence-electron chi connectivity index (χ2n) is 10.1. The third-order valence-corrected chi connectivity index (χ3v) is 9.20. The number of carboxylic acid groups (broad SMARTS) is 1. The molecule has 4 aliphatic rings. The van der Waals surface area contributed by atoms with Crippen LogP contribution >= 0.6 is 0 Å². The van der Waals surface area contributed by atoms with Crippen LogP contribution in [0.2, 0.25) is 0 Å². The fourth-order valence-electron chi connectivity index (χ4n) is 7.48. The molecule has 3 saturated carbocycles. The van der Waals surface area contributed by atoms with Gasteiger partial charge in [0.05, 0.1) is 13.2 Å². The summed E-state index contributed by atoms with van der Waals surface area (Å²) in [4.78, 5) is 24.0. The van der Waals surface area contributed by atoms with Gasteiger partial charge in [0.2, 0.25) is 0 Å². The van der Waals surface area contributed by atoms with Gasteiger partial charge in [0.25, 0.3) is 0 Å². The van der Waals surface area contributed by atoms with Gasteiger partial charge in [0.1, 0.15) is 11.4 Å². The van der Waals surface area contributed by atoms with Gasteiger partial charge in [-0.1, -0.05) is 13.8 Å². The van der Waals surface area contributed by atoms with Crippen LogP contribution in [0.4, 0.5) is 0 Å². The molecule has 0 unspecified atom stereocenters. The number of hydrogen-bond acceptors (Lipinski definition) is 5. The number of carbonyl (C=O) groups excluding carboxylic acids is 1. The molecule has 1 saturated heterocycles. The summed E-state index contributed by atoms with van der Waals surface area (Å²) in [6.45, 7) is 7.06. The Morgan fingerprint density at radius 2 is 1.71 bits per heavy atom. The molecule has 0 spiro atoms. The van der Waals surface area contributed by atoms with Crippen LogP contribution in [0, 0.1) is 28.6 Å². The first kappa shape index (κ1) is 20.3. The predicted octanol–water partition coefficient (Wildman–Crippen LogP) is 3.16. The highest BCUT2D eigenvalue weighted by molar-refractivity contribution is 5.86. The minimum atomic E-state index is -1.04. The molecular weight excluding hydrogens is 360 g/mol. The lowest BCUT2D eigenvalue weighted by atomic mass is 9.47. The molecule has 2 N–H and O–H groups in total. The first-order valence-electron chi connectivity index (χ1n) is 10.8.